The zero-order chi connectivity index (χ0) is 27.5. The van der Waals surface area contributed by atoms with Gasteiger partial charge in [0, 0.05) is 53.2 Å². The highest BCUT2D eigenvalue weighted by atomic mass is 16.5. The highest BCUT2D eigenvalue weighted by Crippen LogP contribution is 2.26. The van der Waals surface area contributed by atoms with E-state index in [1.807, 2.05) is 74.5 Å². The maximum absolute atomic E-state index is 10.3. The summed E-state index contributed by atoms with van der Waals surface area (Å²) in [5.74, 6) is 1.56. The highest BCUT2D eigenvalue weighted by molar-refractivity contribution is 6.47. The molecular weight excluding hydrogens is 487 g/mol. The Labute approximate surface area is 228 Å². The number of aliphatic hydroxyl groups is 1. The van der Waals surface area contributed by atoms with Gasteiger partial charge in [0.15, 0.2) is 17.5 Å². The van der Waals surface area contributed by atoms with E-state index in [-0.39, 0.29) is 0 Å². The molecule has 193 valence electrons. The first-order valence-corrected chi connectivity index (χ1v) is 12.6. The van der Waals surface area contributed by atoms with E-state index in [4.69, 9.17) is 14.6 Å². The van der Waals surface area contributed by atoms with Gasteiger partial charge in [0.2, 0.25) is 0 Å². The number of nitrogens with zero attached hydrogens (tertiary/aromatic N) is 6. The molecule has 0 aliphatic rings. The largest absolute Gasteiger partial charge is 0.427 e. The van der Waals surface area contributed by atoms with E-state index >= 15 is 0 Å². The topological polar surface area (TPSA) is 107 Å². The van der Waals surface area contributed by atoms with Crippen LogP contribution in [0.15, 0.2) is 91.6 Å². The van der Waals surface area contributed by atoms with Crippen LogP contribution in [0, 0.1) is 0 Å². The second-order valence-corrected chi connectivity index (χ2v) is 10.1. The molecule has 0 atom stereocenters. The van der Waals surface area contributed by atoms with Gasteiger partial charge in [-0.15, -0.1) is 0 Å². The average molecular weight is 515 g/mol. The van der Waals surface area contributed by atoms with Crippen molar-refractivity contribution in [1.29, 1.82) is 0 Å². The molecule has 9 heteroatoms. The lowest BCUT2D eigenvalue weighted by molar-refractivity contribution is -0.0893. The van der Waals surface area contributed by atoms with Gasteiger partial charge in [-0.05, 0) is 64.1 Å². The molecule has 0 bridgehead atoms. The Bertz CT molecular complexity index is 1480. The predicted molar refractivity (Wildman–Crippen MR) is 152 cm³/mol. The summed E-state index contributed by atoms with van der Waals surface area (Å²) in [7, 11) is 1.67. The number of rotatable bonds is 8. The zero-order valence-corrected chi connectivity index (χ0v) is 22.3. The average Bonchev–Trinajstić information content (AvgIpc) is 2.97. The standard InChI is InChI=1S/C30H28BN6O2/c1-29(2,38)30(3,4)39-31-24-12-9-20(10-13-24)25-14-11-23(19-34-25)28-36-26(21-7-5-15-32-17-21)35-27(37-28)22-8-6-16-33-18-22/h5-19,38H,1-4H3. The summed E-state index contributed by atoms with van der Waals surface area (Å²) in [6.07, 6.45) is 8.64. The minimum atomic E-state index is -0.981. The Kier molecular flexibility index (Phi) is 7.28. The lowest BCUT2D eigenvalue weighted by atomic mass is 9.82. The van der Waals surface area contributed by atoms with Gasteiger partial charge in [-0.2, -0.15) is 0 Å². The third kappa shape index (κ3) is 6.05. The molecular formula is C30H28BN6O2. The number of aromatic nitrogens is 6. The van der Waals surface area contributed by atoms with Crippen LogP contribution in [0.3, 0.4) is 0 Å². The van der Waals surface area contributed by atoms with E-state index in [0.717, 1.165) is 33.4 Å². The number of hydrogen-bond acceptors (Lipinski definition) is 8. The first-order valence-electron chi connectivity index (χ1n) is 12.6. The Hall–Kier alpha value is -4.34. The molecule has 0 saturated heterocycles. The SMILES string of the molecule is CC(C)(O)C(C)(C)O[B]c1ccc(-c2ccc(-c3nc(-c4cccnc4)nc(-c4cccnc4)n3)cn2)cc1. The van der Waals surface area contributed by atoms with Crippen molar-refractivity contribution < 1.29 is 9.76 Å². The lowest BCUT2D eigenvalue weighted by Gasteiger charge is -2.37. The summed E-state index contributed by atoms with van der Waals surface area (Å²) < 4.78 is 5.86. The van der Waals surface area contributed by atoms with Gasteiger partial charge >= 0.3 is 7.48 Å². The van der Waals surface area contributed by atoms with Crippen LogP contribution in [0.5, 0.6) is 0 Å². The maximum Gasteiger partial charge on any atom is 0.330 e. The third-order valence-corrected chi connectivity index (χ3v) is 6.67. The summed E-state index contributed by atoms with van der Waals surface area (Å²) in [5.41, 5.74) is 3.31. The first-order chi connectivity index (χ1) is 18.7. The van der Waals surface area contributed by atoms with E-state index in [1.54, 1.807) is 52.3 Å². The fraction of sp³-hybridized carbons (Fsp3) is 0.200. The number of hydrogen-bond donors (Lipinski definition) is 1. The molecule has 0 fully saturated rings. The molecule has 5 rings (SSSR count). The van der Waals surface area contributed by atoms with E-state index < -0.39 is 11.2 Å². The maximum atomic E-state index is 10.3. The van der Waals surface area contributed by atoms with Gasteiger partial charge in [-0.1, -0.05) is 29.7 Å². The Morgan fingerprint density at radius 3 is 1.59 bits per heavy atom. The molecule has 1 radical (unpaired) electrons. The van der Waals surface area contributed by atoms with Crippen molar-refractivity contribution in [1.82, 2.24) is 29.9 Å². The van der Waals surface area contributed by atoms with E-state index in [1.165, 1.54) is 0 Å². The van der Waals surface area contributed by atoms with E-state index in [9.17, 15) is 5.11 Å². The van der Waals surface area contributed by atoms with Crippen LogP contribution in [0.4, 0.5) is 0 Å². The van der Waals surface area contributed by atoms with Crippen molar-refractivity contribution in [2.75, 3.05) is 0 Å². The van der Waals surface area contributed by atoms with Crippen LogP contribution in [-0.2, 0) is 4.65 Å². The van der Waals surface area contributed by atoms with Crippen molar-refractivity contribution in [2.45, 2.75) is 38.9 Å². The minimum absolute atomic E-state index is 0.512. The molecule has 8 nitrogen and oxygen atoms in total. The van der Waals surface area contributed by atoms with E-state index in [0.29, 0.717) is 17.5 Å². The van der Waals surface area contributed by atoms with Crippen LogP contribution in [0.25, 0.3) is 45.4 Å². The summed E-state index contributed by atoms with van der Waals surface area (Å²) in [6, 6.07) is 19.3. The molecule has 4 aromatic heterocycles. The number of benzene rings is 1. The van der Waals surface area contributed by atoms with Crippen molar-refractivity contribution >= 4 is 12.9 Å². The van der Waals surface area contributed by atoms with Crippen LogP contribution in [0.2, 0.25) is 0 Å². The van der Waals surface area contributed by atoms with Crippen LogP contribution in [0.1, 0.15) is 27.7 Å². The minimum Gasteiger partial charge on any atom is -0.427 e. The molecule has 0 amide bonds. The van der Waals surface area contributed by atoms with Gasteiger partial charge in [0.1, 0.15) is 0 Å². The Morgan fingerprint density at radius 2 is 1.15 bits per heavy atom. The van der Waals surface area contributed by atoms with Gasteiger partial charge in [-0.3, -0.25) is 15.0 Å². The van der Waals surface area contributed by atoms with Gasteiger partial charge in [-0.25, -0.2) is 15.0 Å². The molecule has 1 N–H and O–H groups in total. The van der Waals surface area contributed by atoms with Gasteiger partial charge < -0.3 is 9.76 Å². The number of pyridine rings is 3. The smallest absolute Gasteiger partial charge is 0.330 e. The van der Waals surface area contributed by atoms with Crippen molar-refractivity contribution in [2.24, 2.45) is 0 Å². The summed E-state index contributed by atoms with van der Waals surface area (Å²) in [5, 5.41) is 10.3. The van der Waals surface area contributed by atoms with E-state index in [2.05, 4.69) is 19.9 Å². The molecule has 39 heavy (non-hydrogen) atoms. The highest BCUT2D eigenvalue weighted by Gasteiger charge is 2.35. The molecule has 0 aliphatic carbocycles. The molecule has 0 aliphatic heterocycles. The summed E-state index contributed by atoms with van der Waals surface area (Å²) in [4.78, 5) is 27.2. The first kappa shape index (κ1) is 26.3. The fourth-order valence-corrected chi connectivity index (χ4v) is 3.54. The van der Waals surface area contributed by atoms with Gasteiger partial charge in [0.05, 0.1) is 16.9 Å². The van der Waals surface area contributed by atoms with Crippen molar-refractivity contribution in [3.8, 4) is 45.4 Å². The molecule has 0 saturated carbocycles. The monoisotopic (exact) mass is 515 g/mol. The predicted octanol–water partition coefficient (Wildman–Crippen LogP) is 4.54. The third-order valence-electron chi connectivity index (χ3n) is 6.67. The second kappa shape index (κ2) is 10.8. The molecule has 1 aromatic carbocycles. The van der Waals surface area contributed by atoms with Crippen molar-refractivity contribution in [3.63, 3.8) is 0 Å². The summed E-state index contributed by atoms with van der Waals surface area (Å²) >= 11 is 0. The van der Waals surface area contributed by atoms with Crippen LogP contribution in [-0.4, -0.2) is 53.7 Å². The normalized spacial score (nSPS) is 11.8. The molecule has 0 unspecified atom stereocenters. The van der Waals surface area contributed by atoms with Crippen LogP contribution >= 0.6 is 0 Å². The zero-order valence-electron chi connectivity index (χ0n) is 22.3. The Balaban J connectivity index is 1.39. The second-order valence-electron chi connectivity index (χ2n) is 10.1. The summed E-state index contributed by atoms with van der Waals surface area (Å²) in [6.45, 7) is 7.18. The van der Waals surface area contributed by atoms with Gasteiger partial charge in [0.25, 0.3) is 0 Å². The fourth-order valence-electron chi connectivity index (χ4n) is 3.54. The molecule has 0 spiro atoms. The van der Waals surface area contributed by atoms with Crippen LogP contribution < -0.4 is 5.46 Å². The molecule has 4 heterocycles. The lowest BCUT2D eigenvalue weighted by Crippen LogP contribution is -2.49. The molecule has 5 aromatic rings. The Morgan fingerprint density at radius 1 is 0.641 bits per heavy atom. The quantitative estimate of drug-likeness (QED) is 0.301. The van der Waals surface area contributed by atoms with Crippen molar-refractivity contribution in [3.05, 3.63) is 91.6 Å².